The van der Waals surface area contributed by atoms with Crippen LogP contribution < -0.4 is 11.2 Å². The van der Waals surface area contributed by atoms with Crippen molar-refractivity contribution >= 4 is 23.5 Å². The van der Waals surface area contributed by atoms with E-state index in [1.54, 1.807) is 10.9 Å². The van der Waals surface area contributed by atoms with Gasteiger partial charge in [0.2, 0.25) is 0 Å². The lowest BCUT2D eigenvalue weighted by Crippen LogP contribution is -2.43. The highest BCUT2D eigenvalue weighted by atomic mass is 31.3. The Balaban J connectivity index is 2.47. The molecule has 1 aromatic rings. The molecule has 0 bridgehead atoms. The number of aromatic amines is 1. The Hall–Kier alpha value is -1.54. The Morgan fingerprint density at radius 1 is 1.28 bits per heavy atom. The van der Waals surface area contributed by atoms with Crippen LogP contribution in [-0.2, 0) is 31.6 Å². The number of aliphatic hydroxyl groups is 2. The van der Waals surface area contributed by atoms with E-state index in [0.29, 0.717) is 6.20 Å². The highest BCUT2D eigenvalue weighted by molar-refractivity contribution is 7.66. The fourth-order valence-corrected chi connectivity index (χ4v) is 4.92. The number of aliphatic hydroxyl groups excluding tert-OH is 2. The fraction of sp³-hybridized carbons (Fsp3) is 0.455. The highest BCUT2D eigenvalue weighted by Crippen LogP contribution is 2.66. The third-order valence-electron chi connectivity index (χ3n) is 3.24. The first-order chi connectivity index (χ1) is 15.5. The van der Waals surface area contributed by atoms with Gasteiger partial charge in [-0.1, -0.05) is 5.92 Å². The summed E-state index contributed by atoms with van der Waals surface area (Å²) in [6.45, 7) is -4.50. The quantitative estimate of drug-likeness (QED) is 0.139. The summed E-state index contributed by atoms with van der Waals surface area (Å²) in [6.07, 6.45) is -4.21. The number of phosphoric acid groups is 3. The SMILES string of the molecule is [2H]C([2H])(OP(=O)(O)OP(=O)(O)OP(=O)(O)O)[C@@]1(F)O[C@@]([2H])(n2cc(C#C)c(=O)[nH]c2=O)[C@H](O)[C@@H]1O. The smallest absolute Gasteiger partial charge is 0.385 e. The summed E-state index contributed by atoms with van der Waals surface area (Å²) in [4.78, 5) is 60.7. The van der Waals surface area contributed by atoms with Crippen molar-refractivity contribution < 1.29 is 69.9 Å². The minimum Gasteiger partial charge on any atom is -0.385 e. The number of rotatable bonds is 8. The number of hydrogen-bond donors (Lipinski definition) is 7. The molecule has 32 heavy (non-hydrogen) atoms. The van der Waals surface area contributed by atoms with E-state index in [2.05, 4.69) is 17.9 Å². The number of alkyl halides is 1. The Morgan fingerprint density at radius 3 is 2.41 bits per heavy atom. The topological polar surface area (TPSA) is 264 Å². The van der Waals surface area contributed by atoms with Gasteiger partial charge >= 0.3 is 29.2 Å². The third-order valence-corrected chi connectivity index (χ3v) is 6.89. The summed E-state index contributed by atoms with van der Waals surface area (Å²) >= 11 is 0. The van der Waals surface area contributed by atoms with Crippen LogP contribution in [0.5, 0.6) is 0 Å². The van der Waals surface area contributed by atoms with E-state index >= 15 is 4.39 Å². The van der Waals surface area contributed by atoms with Gasteiger partial charge < -0.3 is 34.5 Å². The number of nitrogens with zero attached hydrogens (tertiary/aromatic N) is 1. The minimum atomic E-state index is -6.38. The molecular formula is C11H14FN2O15P3. The summed E-state index contributed by atoms with van der Waals surface area (Å²) in [5, 5.41) is 20.2. The molecule has 0 aromatic carbocycles. The van der Waals surface area contributed by atoms with Gasteiger partial charge in [0, 0.05) is 6.20 Å². The van der Waals surface area contributed by atoms with Crippen LogP contribution in [0.4, 0.5) is 4.39 Å². The molecule has 1 fully saturated rings. The van der Waals surface area contributed by atoms with Crippen molar-refractivity contribution in [2.45, 2.75) is 24.3 Å². The van der Waals surface area contributed by atoms with Gasteiger partial charge in [-0.05, 0) is 0 Å². The highest BCUT2D eigenvalue weighted by Gasteiger charge is 2.57. The van der Waals surface area contributed by atoms with E-state index in [-0.39, 0.29) is 4.57 Å². The molecule has 0 amide bonds. The van der Waals surface area contributed by atoms with E-state index in [1.165, 1.54) is 0 Å². The molecule has 0 saturated carbocycles. The van der Waals surface area contributed by atoms with Crippen LogP contribution in [0.2, 0.25) is 0 Å². The van der Waals surface area contributed by atoms with Gasteiger partial charge in [-0.25, -0.2) is 22.9 Å². The average molecular weight is 529 g/mol. The predicted octanol–water partition coefficient (Wildman–Crippen LogP) is -2.22. The number of ether oxygens (including phenoxy) is 1. The van der Waals surface area contributed by atoms with E-state index in [0.717, 1.165) is 0 Å². The molecule has 1 aromatic heterocycles. The largest absolute Gasteiger partial charge is 0.490 e. The molecule has 2 rings (SSSR count). The van der Waals surface area contributed by atoms with E-state index in [4.69, 9.17) is 25.2 Å². The fourth-order valence-electron chi connectivity index (χ4n) is 2.04. The molecule has 17 nitrogen and oxygen atoms in total. The van der Waals surface area contributed by atoms with Crippen LogP contribution in [0.1, 0.15) is 15.9 Å². The molecule has 180 valence electrons. The third kappa shape index (κ3) is 6.28. The first kappa shape index (κ1) is 22.3. The molecule has 0 spiro atoms. The molecule has 1 saturated heterocycles. The first-order valence-electron chi connectivity index (χ1n) is 8.93. The summed E-state index contributed by atoms with van der Waals surface area (Å²) in [5.41, 5.74) is -3.41. The van der Waals surface area contributed by atoms with Gasteiger partial charge in [0.1, 0.15) is 24.3 Å². The number of hydrogen-bond acceptors (Lipinski definition) is 11. The summed E-state index contributed by atoms with van der Waals surface area (Å²) < 4.78 is 87.2. The Kier molecular flexibility index (Phi) is 6.27. The van der Waals surface area contributed by atoms with Gasteiger partial charge in [-0.15, -0.1) is 6.42 Å². The van der Waals surface area contributed by atoms with Gasteiger partial charge in [0.25, 0.3) is 11.4 Å². The molecule has 2 heterocycles. The van der Waals surface area contributed by atoms with E-state index in [1.807, 2.05) is 0 Å². The van der Waals surface area contributed by atoms with Gasteiger partial charge in [0.15, 0.2) is 6.20 Å². The summed E-state index contributed by atoms with van der Waals surface area (Å²) in [5.74, 6) is -2.78. The van der Waals surface area contributed by atoms with Crippen molar-refractivity contribution in [2.75, 3.05) is 6.56 Å². The molecule has 1 aliphatic rings. The van der Waals surface area contributed by atoms with Gasteiger partial charge in [-0.2, -0.15) is 8.62 Å². The van der Waals surface area contributed by atoms with Crippen LogP contribution in [0, 0.1) is 12.3 Å². The maximum absolute atomic E-state index is 15.5. The Morgan fingerprint density at radius 2 is 1.88 bits per heavy atom. The predicted molar refractivity (Wildman–Crippen MR) is 95.0 cm³/mol. The number of nitrogens with one attached hydrogen (secondary N) is 1. The second kappa shape index (κ2) is 9.01. The van der Waals surface area contributed by atoms with Gasteiger partial charge in [-0.3, -0.25) is 18.9 Å². The number of halogens is 1. The first-order valence-corrected chi connectivity index (χ1v) is 12.0. The lowest BCUT2D eigenvalue weighted by Gasteiger charge is -2.24. The zero-order valence-electron chi connectivity index (χ0n) is 17.8. The van der Waals surface area contributed by atoms with Crippen molar-refractivity contribution in [2.24, 2.45) is 0 Å². The van der Waals surface area contributed by atoms with Crippen molar-refractivity contribution in [3.05, 3.63) is 32.6 Å². The second-order valence-electron chi connectivity index (χ2n) is 5.58. The zero-order chi connectivity index (χ0) is 27.4. The van der Waals surface area contributed by atoms with Crippen molar-refractivity contribution in [1.82, 2.24) is 9.55 Å². The van der Waals surface area contributed by atoms with Crippen LogP contribution >= 0.6 is 23.5 Å². The Bertz CT molecular complexity index is 1320. The number of aromatic nitrogens is 2. The normalized spacial score (nSPS) is 33.9. The molecule has 0 radical (unpaired) electrons. The maximum Gasteiger partial charge on any atom is 0.490 e. The molecule has 21 heteroatoms. The molecule has 1 aliphatic heterocycles. The number of H-pyrrole nitrogens is 1. The van der Waals surface area contributed by atoms with Crippen LogP contribution in [-0.4, -0.2) is 64.0 Å². The lowest BCUT2D eigenvalue weighted by atomic mass is 10.1. The van der Waals surface area contributed by atoms with Crippen LogP contribution in [0.15, 0.2) is 15.8 Å². The van der Waals surface area contributed by atoms with Gasteiger partial charge in [0.05, 0.1) is 4.11 Å². The zero-order valence-corrected chi connectivity index (χ0v) is 17.5. The van der Waals surface area contributed by atoms with Crippen molar-refractivity contribution in [1.29, 1.82) is 0 Å². The monoisotopic (exact) mass is 529 g/mol. The van der Waals surface area contributed by atoms with Crippen molar-refractivity contribution in [3.8, 4) is 12.3 Å². The second-order valence-corrected chi connectivity index (χ2v) is 9.92. The molecule has 0 aliphatic carbocycles. The summed E-state index contributed by atoms with van der Waals surface area (Å²) in [7, 11) is -18.4. The molecule has 7 N–H and O–H groups in total. The number of terminal acetylenes is 1. The molecule has 2 unspecified atom stereocenters. The van der Waals surface area contributed by atoms with Crippen LogP contribution in [0.3, 0.4) is 0 Å². The van der Waals surface area contributed by atoms with Crippen molar-refractivity contribution in [3.63, 3.8) is 0 Å². The molecular weight excluding hydrogens is 512 g/mol. The lowest BCUT2D eigenvalue weighted by molar-refractivity contribution is -0.204. The minimum absolute atomic E-state index is 0.0697. The van der Waals surface area contributed by atoms with Crippen LogP contribution in [0.25, 0.3) is 0 Å². The average Bonchev–Trinajstić information content (AvgIpc) is 2.79. The summed E-state index contributed by atoms with van der Waals surface area (Å²) in [6, 6.07) is 0. The Labute approximate surface area is 179 Å². The maximum atomic E-state index is 15.5. The molecule has 6 atom stereocenters. The van der Waals surface area contributed by atoms with E-state index in [9.17, 15) is 38.4 Å². The standard InChI is InChI=1S/C11H14FN2O15P3/c1-2-5-3-14(10(18)13-8(5)17)9-6(15)7(16)11(12,27-9)4-26-31(22,23)29-32(24,25)28-30(19,20)21/h1,3,6-7,9,15-16H,4H2,(H,22,23)(H,24,25)(H,13,17,18)(H2,19,20,21)/t6-,7+,9-,11-/m1/s1/i4D2,9D. The number of phosphoric ester groups is 1. The van der Waals surface area contributed by atoms with E-state index < -0.39 is 71.1 Å².